The fourth-order valence-electron chi connectivity index (χ4n) is 2.69. The van der Waals surface area contributed by atoms with Gasteiger partial charge in [0.15, 0.2) is 0 Å². The Morgan fingerprint density at radius 1 is 1.43 bits per heavy atom. The van der Waals surface area contributed by atoms with Gasteiger partial charge in [0.05, 0.1) is 4.47 Å². The number of hydrogen-bond donors (Lipinski definition) is 1. The fraction of sp³-hybridized carbons (Fsp3) is 0.571. The monoisotopic (exact) mass is 366 g/mol. The van der Waals surface area contributed by atoms with E-state index in [1.807, 2.05) is 0 Å². The van der Waals surface area contributed by atoms with Gasteiger partial charge in [-0.1, -0.05) is 6.07 Å². The first-order chi connectivity index (χ1) is 9.78. The molecule has 21 heavy (non-hydrogen) atoms. The second-order valence-electron chi connectivity index (χ2n) is 5.43. The molecule has 1 aliphatic heterocycles. The minimum absolute atomic E-state index is 0.222. The van der Waals surface area contributed by atoms with Gasteiger partial charge in [-0.3, -0.25) is 4.90 Å². The van der Waals surface area contributed by atoms with Crippen LogP contribution in [0.1, 0.15) is 18.9 Å². The van der Waals surface area contributed by atoms with Crippen molar-refractivity contribution in [2.75, 3.05) is 13.1 Å². The van der Waals surface area contributed by atoms with Crippen LogP contribution in [0.5, 0.6) is 5.75 Å². The molecule has 0 spiro atoms. The van der Waals surface area contributed by atoms with E-state index in [4.69, 9.17) is 5.73 Å². The van der Waals surface area contributed by atoms with Crippen LogP contribution in [0, 0.1) is 5.92 Å². The minimum Gasteiger partial charge on any atom is -0.405 e. The Morgan fingerprint density at radius 3 is 2.67 bits per heavy atom. The first-order valence-corrected chi connectivity index (χ1v) is 7.56. The van der Waals surface area contributed by atoms with Gasteiger partial charge in [0.25, 0.3) is 0 Å². The van der Waals surface area contributed by atoms with Crippen LogP contribution in [0.3, 0.4) is 0 Å². The van der Waals surface area contributed by atoms with Crippen molar-refractivity contribution < 1.29 is 17.9 Å². The maximum atomic E-state index is 12.2. The molecule has 0 aromatic heterocycles. The van der Waals surface area contributed by atoms with E-state index < -0.39 is 6.36 Å². The number of nitrogens with zero attached hydrogens (tertiary/aromatic N) is 1. The summed E-state index contributed by atoms with van der Waals surface area (Å²) < 4.78 is 40.9. The fourth-order valence-corrected chi connectivity index (χ4v) is 3.20. The van der Waals surface area contributed by atoms with Crippen LogP contribution in [0.4, 0.5) is 13.2 Å². The Kier molecular flexibility index (Phi) is 5.16. The summed E-state index contributed by atoms with van der Waals surface area (Å²) in [6, 6.07) is 5.11. The van der Waals surface area contributed by atoms with E-state index in [0.29, 0.717) is 29.5 Å². The number of alkyl halides is 3. The number of rotatable bonds is 4. The Morgan fingerprint density at radius 2 is 2.14 bits per heavy atom. The van der Waals surface area contributed by atoms with Crippen molar-refractivity contribution in [3.05, 3.63) is 28.2 Å². The van der Waals surface area contributed by atoms with E-state index in [9.17, 15) is 13.2 Å². The second-order valence-corrected chi connectivity index (χ2v) is 6.28. The van der Waals surface area contributed by atoms with Gasteiger partial charge in [0.2, 0.25) is 0 Å². The maximum Gasteiger partial charge on any atom is 0.573 e. The summed E-state index contributed by atoms with van der Waals surface area (Å²) in [5.41, 5.74) is 6.64. The van der Waals surface area contributed by atoms with Crippen LogP contribution < -0.4 is 10.5 Å². The van der Waals surface area contributed by atoms with Gasteiger partial charge in [0.1, 0.15) is 5.75 Å². The molecule has 0 amide bonds. The predicted molar refractivity (Wildman–Crippen MR) is 77.9 cm³/mol. The molecule has 0 bridgehead atoms. The van der Waals surface area contributed by atoms with Crippen molar-refractivity contribution >= 4 is 15.9 Å². The Bertz CT molecular complexity index is 496. The molecular weight excluding hydrogens is 349 g/mol. The van der Waals surface area contributed by atoms with Gasteiger partial charge in [-0.05, 0) is 59.4 Å². The molecule has 2 N–H and O–H groups in total. The van der Waals surface area contributed by atoms with Crippen molar-refractivity contribution in [1.82, 2.24) is 4.90 Å². The van der Waals surface area contributed by atoms with Gasteiger partial charge >= 0.3 is 6.36 Å². The lowest BCUT2D eigenvalue weighted by Gasteiger charge is -2.21. The Balaban J connectivity index is 2.04. The first kappa shape index (κ1) is 16.6. The smallest absolute Gasteiger partial charge is 0.405 e. The van der Waals surface area contributed by atoms with Crippen LogP contribution in [0.2, 0.25) is 0 Å². The zero-order chi connectivity index (χ0) is 15.6. The molecule has 1 aliphatic rings. The molecule has 1 aromatic rings. The molecule has 2 unspecified atom stereocenters. The van der Waals surface area contributed by atoms with E-state index in [2.05, 4.69) is 32.5 Å². The molecule has 0 radical (unpaired) electrons. The number of benzene rings is 1. The van der Waals surface area contributed by atoms with Crippen LogP contribution in [-0.4, -0.2) is 30.4 Å². The second kappa shape index (κ2) is 6.54. The largest absolute Gasteiger partial charge is 0.573 e. The zero-order valence-electron chi connectivity index (χ0n) is 11.7. The molecule has 0 saturated carbocycles. The molecule has 2 atom stereocenters. The van der Waals surface area contributed by atoms with Gasteiger partial charge in [-0.25, -0.2) is 0 Å². The number of nitrogens with two attached hydrogens (primary N) is 1. The SMILES string of the molecule is CC1CC(CN)CN1Cc1ccc(OC(F)(F)F)c(Br)c1. The zero-order valence-corrected chi connectivity index (χ0v) is 13.2. The lowest BCUT2D eigenvalue weighted by molar-refractivity contribution is -0.274. The third-order valence-corrected chi connectivity index (χ3v) is 4.35. The van der Waals surface area contributed by atoms with Crippen molar-refractivity contribution in [2.24, 2.45) is 11.7 Å². The third kappa shape index (κ3) is 4.59. The van der Waals surface area contributed by atoms with E-state index in [0.717, 1.165) is 18.5 Å². The normalized spacial score (nSPS) is 23.5. The molecule has 0 aliphatic carbocycles. The highest BCUT2D eigenvalue weighted by atomic mass is 79.9. The highest BCUT2D eigenvalue weighted by Gasteiger charge is 2.32. The molecule has 1 saturated heterocycles. The third-order valence-electron chi connectivity index (χ3n) is 3.73. The number of likely N-dealkylation sites (tertiary alicyclic amines) is 1. The Labute approximate surface area is 130 Å². The summed E-state index contributed by atoms with van der Waals surface area (Å²) in [6.07, 6.45) is -3.62. The summed E-state index contributed by atoms with van der Waals surface area (Å²) >= 11 is 3.13. The molecular formula is C14H18BrF3N2O. The van der Waals surface area contributed by atoms with Crippen LogP contribution in [-0.2, 0) is 6.54 Å². The van der Waals surface area contributed by atoms with Gasteiger partial charge in [0, 0.05) is 19.1 Å². The molecule has 1 fully saturated rings. The highest BCUT2D eigenvalue weighted by molar-refractivity contribution is 9.10. The van der Waals surface area contributed by atoms with Gasteiger partial charge in [-0.15, -0.1) is 13.2 Å². The van der Waals surface area contributed by atoms with Gasteiger partial charge in [-0.2, -0.15) is 0 Å². The maximum absolute atomic E-state index is 12.2. The molecule has 1 heterocycles. The van der Waals surface area contributed by atoms with E-state index in [-0.39, 0.29) is 5.75 Å². The summed E-state index contributed by atoms with van der Waals surface area (Å²) in [5.74, 6) is 0.275. The van der Waals surface area contributed by atoms with Gasteiger partial charge < -0.3 is 10.5 Å². The van der Waals surface area contributed by atoms with Crippen LogP contribution >= 0.6 is 15.9 Å². The number of halogens is 4. The lowest BCUT2D eigenvalue weighted by atomic mass is 10.1. The minimum atomic E-state index is -4.68. The van der Waals surface area contributed by atoms with Crippen molar-refractivity contribution in [3.63, 3.8) is 0 Å². The Hall–Kier alpha value is -0.790. The average molecular weight is 367 g/mol. The summed E-state index contributed by atoms with van der Waals surface area (Å²) in [5, 5.41) is 0. The molecule has 2 rings (SSSR count). The molecule has 7 heteroatoms. The predicted octanol–water partition coefficient (Wildman–Crippen LogP) is 3.52. The van der Waals surface area contributed by atoms with E-state index in [1.54, 1.807) is 12.1 Å². The van der Waals surface area contributed by atoms with Crippen molar-refractivity contribution in [3.8, 4) is 5.75 Å². The highest BCUT2D eigenvalue weighted by Crippen LogP contribution is 2.32. The summed E-state index contributed by atoms with van der Waals surface area (Å²) in [4.78, 5) is 2.30. The molecule has 3 nitrogen and oxygen atoms in total. The number of hydrogen-bond acceptors (Lipinski definition) is 3. The molecule has 1 aromatic carbocycles. The summed E-state index contributed by atoms with van der Waals surface area (Å²) in [7, 11) is 0. The van der Waals surface area contributed by atoms with Crippen LogP contribution in [0.15, 0.2) is 22.7 Å². The first-order valence-electron chi connectivity index (χ1n) is 6.77. The topological polar surface area (TPSA) is 38.5 Å². The van der Waals surface area contributed by atoms with E-state index in [1.165, 1.54) is 6.07 Å². The molecule has 118 valence electrons. The quantitative estimate of drug-likeness (QED) is 0.885. The van der Waals surface area contributed by atoms with E-state index >= 15 is 0 Å². The van der Waals surface area contributed by atoms with Crippen LogP contribution in [0.25, 0.3) is 0 Å². The average Bonchev–Trinajstić information content (AvgIpc) is 2.72. The standard InChI is InChI=1S/C14H18BrF3N2O/c1-9-4-11(6-19)8-20(9)7-10-2-3-13(12(15)5-10)21-14(16,17)18/h2-3,5,9,11H,4,6-8,19H2,1H3. The van der Waals surface area contributed by atoms with Crippen molar-refractivity contribution in [1.29, 1.82) is 0 Å². The number of ether oxygens (including phenoxy) is 1. The summed E-state index contributed by atoms with van der Waals surface area (Å²) in [6.45, 7) is 4.44. The lowest BCUT2D eigenvalue weighted by Crippen LogP contribution is -2.27. The van der Waals surface area contributed by atoms with Crippen molar-refractivity contribution in [2.45, 2.75) is 32.3 Å².